The van der Waals surface area contributed by atoms with Crippen molar-refractivity contribution in [1.82, 2.24) is 5.32 Å². The van der Waals surface area contributed by atoms with Crippen molar-refractivity contribution in [3.05, 3.63) is 48.5 Å². The van der Waals surface area contributed by atoms with E-state index >= 15 is 0 Å². The zero-order valence-corrected chi connectivity index (χ0v) is 15.3. The van der Waals surface area contributed by atoms with Crippen LogP contribution in [0.1, 0.15) is 12.8 Å². The fraction of sp³-hybridized carbons (Fsp3) is 0.381. The summed E-state index contributed by atoms with van der Waals surface area (Å²) in [6.45, 7) is 4.30. The maximum absolute atomic E-state index is 12.1. The number of nitrogens with one attached hydrogen (secondary N) is 2. The number of carbonyl (C=O) groups is 1. The molecule has 0 radical (unpaired) electrons. The molecule has 2 fully saturated rings. The predicted molar refractivity (Wildman–Crippen MR) is 106 cm³/mol. The largest absolute Gasteiger partial charge is 0.457 e. The molecule has 2 aliphatic rings. The van der Waals surface area contributed by atoms with Crippen LogP contribution < -0.4 is 20.3 Å². The SMILES string of the molecule is O=C(Nc1ccc(Oc2ccc(N3CCOCC3)cc2)cc1)[C@@H]1CCCN1. The van der Waals surface area contributed by atoms with Crippen LogP contribution in [0.2, 0.25) is 0 Å². The first-order valence-corrected chi connectivity index (χ1v) is 9.53. The molecule has 2 aromatic rings. The number of morpholine rings is 1. The lowest BCUT2D eigenvalue weighted by molar-refractivity contribution is -0.117. The van der Waals surface area contributed by atoms with Crippen LogP contribution in [0.4, 0.5) is 11.4 Å². The molecular weight excluding hydrogens is 342 g/mol. The van der Waals surface area contributed by atoms with Crippen molar-refractivity contribution in [2.24, 2.45) is 0 Å². The number of nitrogens with zero attached hydrogens (tertiary/aromatic N) is 1. The molecule has 6 heteroatoms. The Hall–Kier alpha value is -2.57. The van der Waals surface area contributed by atoms with Crippen molar-refractivity contribution in [3.8, 4) is 11.5 Å². The molecule has 0 aromatic heterocycles. The van der Waals surface area contributed by atoms with Gasteiger partial charge in [0.1, 0.15) is 11.5 Å². The first kappa shape index (κ1) is 17.8. The molecule has 2 heterocycles. The van der Waals surface area contributed by atoms with Gasteiger partial charge in [-0.05, 0) is 67.9 Å². The molecule has 142 valence electrons. The summed E-state index contributed by atoms with van der Waals surface area (Å²) in [5, 5.41) is 6.15. The molecule has 0 saturated carbocycles. The van der Waals surface area contributed by atoms with Crippen molar-refractivity contribution >= 4 is 17.3 Å². The molecule has 0 bridgehead atoms. The Morgan fingerprint density at radius 1 is 1.04 bits per heavy atom. The van der Waals surface area contributed by atoms with Gasteiger partial charge in [0.25, 0.3) is 0 Å². The lowest BCUT2D eigenvalue weighted by atomic mass is 10.2. The van der Waals surface area contributed by atoms with E-state index in [0.717, 1.165) is 62.9 Å². The van der Waals surface area contributed by atoms with Crippen molar-refractivity contribution in [2.75, 3.05) is 43.1 Å². The summed E-state index contributed by atoms with van der Waals surface area (Å²) in [5.74, 6) is 1.56. The average molecular weight is 367 g/mol. The molecular formula is C21H25N3O3. The van der Waals surface area contributed by atoms with Gasteiger partial charge < -0.3 is 25.0 Å². The number of rotatable bonds is 5. The van der Waals surface area contributed by atoms with Crippen molar-refractivity contribution < 1.29 is 14.3 Å². The monoisotopic (exact) mass is 367 g/mol. The Morgan fingerprint density at radius 3 is 2.33 bits per heavy atom. The van der Waals surface area contributed by atoms with E-state index in [0.29, 0.717) is 0 Å². The fourth-order valence-electron chi connectivity index (χ4n) is 3.43. The number of hydrogen-bond acceptors (Lipinski definition) is 5. The van der Waals surface area contributed by atoms with Crippen LogP contribution in [0.15, 0.2) is 48.5 Å². The minimum atomic E-state index is -0.0779. The van der Waals surface area contributed by atoms with Crippen LogP contribution in [0.3, 0.4) is 0 Å². The third-order valence-electron chi connectivity index (χ3n) is 4.95. The minimum Gasteiger partial charge on any atom is -0.457 e. The van der Waals surface area contributed by atoms with Gasteiger partial charge in [0.15, 0.2) is 0 Å². The van der Waals surface area contributed by atoms with E-state index in [1.807, 2.05) is 36.4 Å². The highest BCUT2D eigenvalue weighted by Gasteiger charge is 2.21. The Labute approximate surface area is 159 Å². The highest BCUT2D eigenvalue weighted by Crippen LogP contribution is 2.26. The normalized spacial score (nSPS) is 19.7. The summed E-state index contributed by atoms with van der Waals surface area (Å²) in [5.41, 5.74) is 1.97. The molecule has 27 heavy (non-hydrogen) atoms. The summed E-state index contributed by atoms with van der Waals surface area (Å²) in [7, 11) is 0. The Morgan fingerprint density at radius 2 is 1.70 bits per heavy atom. The van der Waals surface area contributed by atoms with Gasteiger partial charge in [0.05, 0.1) is 19.3 Å². The number of benzene rings is 2. The molecule has 1 atom stereocenters. The summed E-state index contributed by atoms with van der Waals surface area (Å²) < 4.78 is 11.3. The number of carbonyl (C=O) groups excluding carboxylic acids is 1. The first-order valence-electron chi connectivity index (χ1n) is 9.53. The number of amides is 1. The van der Waals surface area contributed by atoms with Crippen LogP contribution in [0.25, 0.3) is 0 Å². The third-order valence-corrected chi connectivity index (χ3v) is 4.95. The quantitative estimate of drug-likeness (QED) is 0.851. The van der Waals surface area contributed by atoms with E-state index in [4.69, 9.17) is 9.47 Å². The van der Waals surface area contributed by atoms with Gasteiger partial charge in [-0.25, -0.2) is 0 Å². The first-order chi connectivity index (χ1) is 13.3. The molecule has 2 aromatic carbocycles. The topological polar surface area (TPSA) is 62.8 Å². The van der Waals surface area contributed by atoms with E-state index < -0.39 is 0 Å². The Bertz CT molecular complexity index is 749. The molecule has 1 amide bonds. The zero-order chi connectivity index (χ0) is 18.5. The molecule has 0 aliphatic carbocycles. The number of anilines is 2. The van der Waals surface area contributed by atoms with E-state index in [1.165, 1.54) is 5.69 Å². The van der Waals surface area contributed by atoms with Crippen LogP contribution in [0.5, 0.6) is 11.5 Å². The van der Waals surface area contributed by atoms with E-state index in [2.05, 4.69) is 27.7 Å². The molecule has 0 spiro atoms. The molecule has 2 aliphatic heterocycles. The van der Waals surface area contributed by atoms with Crippen molar-refractivity contribution in [1.29, 1.82) is 0 Å². The third kappa shape index (κ3) is 4.59. The lowest BCUT2D eigenvalue weighted by Gasteiger charge is -2.28. The second kappa shape index (κ2) is 8.41. The smallest absolute Gasteiger partial charge is 0.241 e. The molecule has 6 nitrogen and oxygen atoms in total. The summed E-state index contributed by atoms with van der Waals surface area (Å²) in [4.78, 5) is 14.4. The zero-order valence-electron chi connectivity index (χ0n) is 15.3. The molecule has 4 rings (SSSR count). The van der Waals surface area contributed by atoms with Crippen LogP contribution >= 0.6 is 0 Å². The van der Waals surface area contributed by atoms with Gasteiger partial charge in [-0.1, -0.05) is 0 Å². The Balaban J connectivity index is 1.33. The van der Waals surface area contributed by atoms with E-state index in [9.17, 15) is 4.79 Å². The fourth-order valence-corrected chi connectivity index (χ4v) is 3.43. The molecule has 2 N–H and O–H groups in total. The Kier molecular flexibility index (Phi) is 5.55. The number of hydrogen-bond donors (Lipinski definition) is 2. The van der Waals surface area contributed by atoms with Crippen LogP contribution in [-0.4, -0.2) is 44.8 Å². The molecule has 2 saturated heterocycles. The van der Waals surface area contributed by atoms with Gasteiger partial charge in [-0.3, -0.25) is 4.79 Å². The van der Waals surface area contributed by atoms with Crippen molar-refractivity contribution in [2.45, 2.75) is 18.9 Å². The average Bonchev–Trinajstić information content (AvgIpc) is 3.26. The maximum atomic E-state index is 12.1. The second-order valence-electron chi connectivity index (χ2n) is 6.86. The second-order valence-corrected chi connectivity index (χ2v) is 6.86. The summed E-state index contributed by atoms with van der Waals surface area (Å²) >= 11 is 0. The van der Waals surface area contributed by atoms with Crippen molar-refractivity contribution in [3.63, 3.8) is 0 Å². The van der Waals surface area contributed by atoms with Gasteiger partial charge in [0.2, 0.25) is 5.91 Å². The van der Waals surface area contributed by atoms with Crippen LogP contribution in [-0.2, 0) is 9.53 Å². The van der Waals surface area contributed by atoms with E-state index in [1.54, 1.807) is 0 Å². The lowest BCUT2D eigenvalue weighted by Crippen LogP contribution is -2.36. The maximum Gasteiger partial charge on any atom is 0.241 e. The predicted octanol–water partition coefficient (Wildman–Crippen LogP) is 3.01. The van der Waals surface area contributed by atoms with Gasteiger partial charge >= 0.3 is 0 Å². The standard InChI is InChI=1S/C21H25N3O3/c25-21(20-2-1-11-22-20)23-16-3-7-18(8-4-16)27-19-9-5-17(6-10-19)24-12-14-26-15-13-24/h3-10,20,22H,1-2,11-15H2,(H,23,25)/t20-/m0/s1. The highest BCUT2D eigenvalue weighted by atomic mass is 16.5. The summed E-state index contributed by atoms with van der Waals surface area (Å²) in [6, 6.07) is 15.5. The number of ether oxygens (including phenoxy) is 2. The minimum absolute atomic E-state index is 0.0277. The van der Waals surface area contributed by atoms with Gasteiger partial charge in [-0.15, -0.1) is 0 Å². The summed E-state index contributed by atoms with van der Waals surface area (Å²) in [6.07, 6.45) is 1.95. The van der Waals surface area contributed by atoms with Gasteiger partial charge in [-0.2, -0.15) is 0 Å². The van der Waals surface area contributed by atoms with Gasteiger partial charge in [0, 0.05) is 24.5 Å². The van der Waals surface area contributed by atoms with E-state index in [-0.39, 0.29) is 11.9 Å². The van der Waals surface area contributed by atoms with Crippen LogP contribution in [0, 0.1) is 0 Å². The highest BCUT2D eigenvalue weighted by molar-refractivity contribution is 5.95. The molecule has 0 unspecified atom stereocenters.